The maximum atomic E-state index is 11.6. The largest absolute Gasteiger partial charge is 0.393 e. The Balaban J connectivity index is 2.38. The molecule has 1 rings (SSSR count). The van der Waals surface area contributed by atoms with Gasteiger partial charge in [-0.25, -0.2) is 0 Å². The number of rotatable bonds is 7. The van der Waals surface area contributed by atoms with Crippen molar-refractivity contribution in [1.82, 2.24) is 5.32 Å². The first-order valence-corrected chi connectivity index (χ1v) is 6.21. The lowest BCUT2D eigenvalue weighted by Gasteiger charge is -2.08. The summed E-state index contributed by atoms with van der Waals surface area (Å²) in [6.07, 6.45) is 0.987. The highest BCUT2D eigenvalue weighted by Gasteiger charge is 2.07. The van der Waals surface area contributed by atoms with Crippen LogP contribution in [0.2, 0.25) is 0 Å². The maximum Gasteiger partial charge on any atom is 0.269 e. The van der Waals surface area contributed by atoms with Crippen LogP contribution in [0.4, 0.5) is 5.69 Å². The number of nitro benzene ring substituents is 1. The quantitative estimate of drug-likeness (QED) is 0.576. The van der Waals surface area contributed by atoms with Crippen LogP contribution in [0.1, 0.15) is 25.3 Å². The molecule has 0 saturated heterocycles. The fourth-order valence-electron chi connectivity index (χ4n) is 1.57. The van der Waals surface area contributed by atoms with Crippen molar-refractivity contribution in [2.75, 3.05) is 6.54 Å². The van der Waals surface area contributed by atoms with Crippen molar-refractivity contribution < 1.29 is 14.8 Å². The molecule has 104 valence electrons. The number of aliphatic hydroxyl groups excluding tert-OH is 1. The van der Waals surface area contributed by atoms with Crippen LogP contribution >= 0.6 is 0 Å². The van der Waals surface area contributed by atoms with Crippen molar-refractivity contribution in [1.29, 1.82) is 0 Å². The van der Waals surface area contributed by atoms with Crippen LogP contribution in [0.3, 0.4) is 0 Å². The molecule has 0 fully saturated rings. The molecule has 0 aliphatic heterocycles. The summed E-state index contributed by atoms with van der Waals surface area (Å²) < 4.78 is 0. The minimum Gasteiger partial charge on any atom is -0.393 e. The van der Waals surface area contributed by atoms with Crippen molar-refractivity contribution in [2.45, 2.75) is 32.3 Å². The Kier molecular flexibility index (Phi) is 5.95. The summed E-state index contributed by atoms with van der Waals surface area (Å²) in [5, 5.41) is 22.5. The third-order valence-corrected chi connectivity index (χ3v) is 2.78. The Bertz CT molecular complexity index is 431. The normalized spacial score (nSPS) is 11.9. The summed E-state index contributed by atoms with van der Waals surface area (Å²) in [5.74, 6) is -0.155. The molecule has 0 bridgehead atoms. The number of non-ortho nitro benzene ring substituents is 1. The first-order valence-electron chi connectivity index (χ1n) is 6.21. The second kappa shape index (κ2) is 7.48. The lowest BCUT2D eigenvalue weighted by Crippen LogP contribution is -2.28. The fourth-order valence-corrected chi connectivity index (χ4v) is 1.57. The average molecular weight is 266 g/mol. The minimum atomic E-state index is -0.476. The topological polar surface area (TPSA) is 92.5 Å². The van der Waals surface area contributed by atoms with Gasteiger partial charge in [0.05, 0.1) is 17.4 Å². The summed E-state index contributed by atoms with van der Waals surface area (Å²) in [5.41, 5.74) is 0.731. The molecule has 0 aliphatic carbocycles. The summed E-state index contributed by atoms with van der Waals surface area (Å²) in [6, 6.07) is 5.89. The summed E-state index contributed by atoms with van der Waals surface area (Å²) in [6.45, 7) is 2.31. The van der Waals surface area contributed by atoms with Crippen LogP contribution in [0.15, 0.2) is 24.3 Å². The van der Waals surface area contributed by atoms with Crippen molar-refractivity contribution in [3.05, 3.63) is 39.9 Å². The number of carbonyl (C=O) groups excluding carboxylic acids is 1. The number of nitrogens with one attached hydrogen (secondary N) is 1. The summed E-state index contributed by atoms with van der Waals surface area (Å²) in [4.78, 5) is 21.6. The van der Waals surface area contributed by atoms with Crippen molar-refractivity contribution in [3.63, 3.8) is 0 Å². The van der Waals surface area contributed by atoms with Gasteiger partial charge in [-0.3, -0.25) is 14.9 Å². The number of nitrogens with zero attached hydrogens (tertiary/aromatic N) is 1. The van der Waals surface area contributed by atoms with Gasteiger partial charge in [-0.15, -0.1) is 0 Å². The molecule has 0 radical (unpaired) electrons. The van der Waals surface area contributed by atoms with Crippen molar-refractivity contribution in [2.24, 2.45) is 0 Å². The standard InChI is InChI=1S/C13H18N2O4/c1-2-12(16)7-8-14-13(17)9-10-3-5-11(6-4-10)15(18)19/h3-6,12,16H,2,7-9H2,1H3,(H,14,17). The van der Waals surface area contributed by atoms with Gasteiger partial charge < -0.3 is 10.4 Å². The maximum absolute atomic E-state index is 11.6. The van der Waals surface area contributed by atoms with E-state index in [1.165, 1.54) is 12.1 Å². The van der Waals surface area contributed by atoms with E-state index in [0.29, 0.717) is 19.4 Å². The SMILES string of the molecule is CCC(O)CCNC(=O)Cc1ccc([N+](=O)[O-])cc1. The molecule has 1 unspecified atom stereocenters. The Labute approximate surface area is 111 Å². The monoisotopic (exact) mass is 266 g/mol. The van der Waals surface area contributed by atoms with Crippen molar-refractivity contribution in [3.8, 4) is 0 Å². The average Bonchev–Trinajstić information content (AvgIpc) is 2.39. The summed E-state index contributed by atoms with van der Waals surface area (Å²) in [7, 11) is 0. The molecule has 2 N–H and O–H groups in total. The Hall–Kier alpha value is -1.95. The van der Waals surface area contributed by atoms with E-state index in [1.54, 1.807) is 12.1 Å². The number of amides is 1. The molecule has 1 aromatic rings. The van der Waals surface area contributed by atoms with Crippen LogP contribution in [0.5, 0.6) is 0 Å². The van der Waals surface area contributed by atoms with E-state index in [1.807, 2.05) is 6.92 Å². The minimum absolute atomic E-state index is 0.00947. The molecule has 0 heterocycles. The smallest absolute Gasteiger partial charge is 0.269 e. The van der Waals surface area contributed by atoms with Gasteiger partial charge in [0.2, 0.25) is 5.91 Å². The van der Waals surface area contributed by atoms with Crippen molar-refractivity contribution >= 4 is 11.6 Å². The van der Waals surface area contributed by atoms with Crippen LogP contribution < -0.4 is 5.32 Å². The Morgan fingerprint density at radius 2 is 2.05 bits per heavy atom. The second-order valence-electron chi connectivity index (χ2n) is 4.30. The highest BCUT2D eigenvalue weighted by molar-refractivity contribution is 5.78. The lowest BCUT2D eigenvalue weighted by molar-refractivity contribution is -0.384. The molecule has 1 atom stereocenters. The third-order valence-electron chi connectivity index (χ3n) is 2.78. The van der Waals surface area contributed by atoms with Gasteiger partial charge in [-0.1, -0.05) is 19.1 Å². The molecular formula is C13H18N2O4. The zero-order valence-corrected chi connectivity index (χ0v) is 10.8. The van der Waals surface area contributed by atoms with Crippen LogP contribution in [-0.2, 0) is 11.2 Å². The number of nitro groups is 1. The third kappa shape index (κ3) is 5.48. The molecule has 1 aromatic carbocycles. The van der Waals surface area contributed by atoms with E-state index in [4.69, 9.17) is 0 Å². The van der Waals surface area contributed by atoms with Crippen LogP contribution in [0, 0.1) is 10.1 Å². The fraction of sp³-hybridized carbons (Fsp3) is 0.462. The highest BCUT2D eigenvalue weighted by atomic mass is 16.6. The summed E-state index contributed by atoms with van der Waals surface area (Å²) >= 11 is 0. The van der Waals surface area contributed by atoms with Gasteiger partial charge in [0, 0.05) is 18.7 Å². The van der Waals surface area contributed by atoms with Gasteiger partial charge >= 0.3 is 0 Å². The molecule has 0 aromatic heterocycles. The molecule has 0 saturated carbocycles. The number of aliphatic hydroxyl groups is 1. The Morgan fingerprint density at radius 3 is 2.58 bits per heavy atom. The van der Waals surface area contributed by atoms with Crippen LogP contribution in [0.25, 0.3) is 0 Å². The van der Waals surface area contributed by atoms with E-state index in [9.17, 15) is 20.0 Å². The highest BCUT2D eigenvalue weighted by Crippen LogP contribution is 2.12. The number of carbonyl (C=O) groups is 1. The van der Waals surface area contributed by atoms with Gasteiger partial charge in [-0.2, -0.15) is 0 Å². The molecule has 0 spiro atoms. The molecule has 6 heteroatoms. The lowest BCUT2D eigenvalue weighted by atomic mass is 10.1. The second-order valence-corrected chi connectivity index (χ2v) is 4.30. The van der Waals surface area contributed by atoms with Gasteiger partial charge in [-0.05, 0) is 18.4 Å². The first-order chi connectivity index (χ1) is 9.02. The van der Waals surface area contributed by atoms with Crippen LogP contribution in [-0.4, -0.2) is 28.6 Å². The number of hydrogen-bond donors (Lipinski definition) is 2. The molecule has 0 aliphatic rings. The number of hydrogen-bond acceptors (Lipinski definition) is 4. The van der Waals surface area contributed by atoms with E-state index in [-0.39, 0.29) is 24.1 Å². The zero-order chi connectivity index (χ0) is 14.3. The Morgan fingerprint density at radius 1 is 1.42 bits per heavy atom. The molecule has 1 amide bonds. The molecule has 6 nitrogen and oxygen atoms in total. The van der Waals surface area contributed by atoms with E-state index < -0.39 is 4.92 Å². The number of benzene rings is 1. The zero-order valence-electron chi connectivity index (χ0n) is 10.8. The predicted molar refractivity (Wildman–Crippen MR) is 70.7 cm³/mol. The molecular weight excluding hydrogens is 248 g/mol. The van der Waals surface area contributed by atoms with Gasteiger partial charge in [0.25, 0.3) is 5.69 Å². The van der Waals surface area contributed by atoms with E-state index >= 15 is 0 Å². The predicted octanol–water partition coefficient (Wildman–Crippen LogP) is 1.41. The van der Waals surface area contributed by atoms with E-state index in [2.05, 4.69) is 5.32 Å². The van der Waals surface area contributed by atoms with Gasteiger partial charge in [0.15, 0.2) is 0 Å². The first kappa shape index (κ1) is 15.1. The molecule has 19 heavy (non-hydrogen) atoms. The van der Waals surface area contributed by atoms with Gasteiger partial charge in [0.1, 0.15) is 0 Å². The van der Waals surface area contributed by atoms with E-state index in [0.717, 1.165) is 5.56 Å².